The number of carbonyl (C=O) groups is 1. The normalized spacial score (nSPS) is 25.6. The van der Waals surface area contributed by atoms with Crippen molar-refractivity contribution in [3.63, 3.8) is 0 Å². The molecule has 2 fully saturated rings. The first-order chi connectivity index (χ1) is 18.9. The van der Waals surface area contributed by atoms with Crippen molar-refractivity contribution < 1.29 is 28.5 Å². The lowest BCUT2D eigenvalue weighted by molar-refractivity contribution is -0.317. The maximum Gasteiger partial charge on any atom is 0.191 e. The topological polar surface area (TPSA) is 74.2 Å². The van der Waals surface area contributed by atoms with Gasteiger partial charge in [-0.05, 0) is 75.1 Å². The lowest BCUT2D eigenvalue weighted by Gasteiger charge is -2.46. The largest absolute Gasteiger partial charge is 0.417 e. The standard InChI is InChI=1S/C33H56O6Si/c1-26(19-23-37-40(5,6)32(2,3)4)31(35)30(34)24-29-18-13-21-33(39-29)20-12-17-28(38-33)16-10-11-22-36-25-27-14-8-7-9-15-27/h7-9,14-15,26,28-30,34H,10-13,16-25H2,1-6H3/t26-,28-,29+,30-,33+/m1/s1. The van der Waals surface area contributed by atoms with Crippen LogP contribution in [0.2, 0.25) is 18.1 Å². The van der Waals surface area contributed by atoms with Crippen LogP contribution in [0.15, 0.2) is 30.3 Å². The lowest BCUT2D eigenvalue weighted by Crippen LogP contribution is -2.49. The van der Waals surface area contributed by atoms with Gasteiger partial charge in [0.2, 0.25) is 0 Å². The van der Waals surface area contributed by atoms with Crippen LogP contribution < -0.4 is 0 Å². The number of ketones is 1. The molecule has 0 aliphatic carbocycles. The number of hydrogen-bond acceptors (Lipinski definition) is 6. The molecule has 0 saturated carbocycles. The summed E-state index contributed by atoms with van der Waals surface area (Å²) in [6.45, 7) is 15.0. The summed E-state index contributed by atoms with van der Waals surface area (Å²) in [5.74, 6) is -0.885. The number of ether oxygens (including phenoxy) is 3. The molecule has 2 aliphatic rings. The number of aliphatic hydroxyl groups excluding tert-OH is 1. The monoisotopic (exact) mass is 576 g/mol. The lowest BCUT2D eigenvalue weighted by atomic mass is 9.89. The third-order valence-corrected chi connectivity index (χ3v) is 13.8. The van der Waals surface area contributed by atoms with Gasteiger partial charge >= 0.3 is 0 Å². The quantitative estimate of drug-likeness (QED) is 0.171. The van der Waals surface area contributed by atoms with Gasteiger partial charge in [-0.1, -0.05) is 58.0 Å². The molecule has 1 N–H and O–H groups in total. The van der Waals surface area contributed by atoms with E-state index in [1.807, 2.05) is 25.1 Å². The van der Waals surface area contributed by atoms with E-state index < -0.39 is 20.2 Å². The molecule has 1 aromatic carbocycles. The van der Waals surface area contributed by atoms with Crippen molar-refractivity contribution in [2.45, 2.75) is 147 Å². The van der Waals surface area contributed by atoms with Gasteiger partial charge in [0.05, 0.1) is 18.8 Å². The minimum atomic E-state index is -1.84. The molecule has 5 atom stereocenters. The maximum atomic E-state index is 13.0. The third kappa shape index (κ3) is 10.3. The third-order valence-electron chi connectivity index (χ3n) is 9.23. The first-order valence-corrected chi connectivity index (χ1v) is 18.6. The number of carbonyl (C=O) groups excluding carboxylic acids is 1. The first-order valence-electron chi connectivity index (χ1n) is 15.7. The zero-order valence-corrected chi connectivity index (χ0v) is 27.1. The minimum Gasteiger partial charge on any atom is -0.417 e. The predicted octanol–water partition coefficient (Wildman–Crippen LogP) is 7.58. The summed E-state index contributed by atoms with van der Waals surface area (Å²) in [6.07, 6.45) is 8.96. The fourth-order valence-electron chi connectivity index (χ4n) is 5.56. The Morgan fingerprint density at radius 2 is 1.70 bits per heavy atom. The van der Waals surface area contributed by atoms with Gasteiger partial charge in [0.15, 0.2) is 19.9 Å². The van der Waals surface area contributed by atoms with Crippen molar-refractivity contribution in [1.82, 2.24) is 0 Å². The summed E-state index contributed by atoms with van der Waals surface area (Å²) in [5, 5.41) is 11.0. The highest BCUT2D eigenvalue weighted by molar-refractivity contribution is 6.74. The molecule has 0 bridgehead atoms. The first kappa shape index (κ1) is 33.4. The van der Waals surface area contributed by atoms with Crippen molar-refractivity contribution in [1.29, 1.82) is 0 Å². The molecule has 2 heterocycles. The van der Waals surface area contributed by atoms with Crippen molar-refractivity contribution >= 4 is 14.1 Å². The molecule has 6 nitrogen and oxygen atoms in total. The molecule has 3 rings (SSSR count). The van der Waals surface area contributed by atoms with Gasteiger partial charge in [-0.3, -0.25) is 4.79 Å². The Labute approximate surface area is 244 Å². The van der Waals surface area contributed by atoms with Gasteiger partial charge in [0.25, 0.3) is 0 Å². The van der Waals surface area contributed by atoms with Crippen LogP contribution in [-0.4, -0.2) is 56.5 Å². The Balaban J connectivity index is 1.37. The van der Waals surface area contributed by atoms with Crippen molar-refractivity contribution in [2.75, 3.05) is 13.2 Å². The fraction of sp³-hybridized carbons (Fsp3) is 0.788. The second kappa shape index (κ2) is 15.4. The van der Waals surface area contributed by atoms with E-state index in [1.165, 1.54) is 5.56 Å². The van der Waals surface area contributed by atoms with Crippen LogP contribution in [0.5, 0.6) is 0 Å². The summed E-state index contributed by atoms with van der Waals surface area (Å²) in [5.41, 5.74) is 1.21. The fourth-order valence-corrected chi connectivity index (χ4v) is 6.63. The molecule has 1 aromatic rings. The van der Waals surface area contributed by atoms with Crippen LogP contribution in [-0.2, 0) is 30.0 Å². The summed E-state index contributed by atoms with van der Waals surface area (Å²) < 4.78 is 25.2. The van der Waals surface area contributed by atoms with Crippen molar-refractivity contribution in [3.05, 3.63) is 35.9 Å². The van der Waals surface area contributed by atoms with E-state index in [-0.39, 0.29) is 28.9 Å². The molecule has 0 unspecified atom stereocenters. The molecular weight excluding hydrogens is 520 g/mol. The van der Waals surface area contributed by atoms with E-state index >= 15 is 0 Å². The van der Waals surface area contributed by atoms with Crippen LogP contribution in [0.1, 0.15) is 104 Å². The molecule has 2 saturated heterocycles. The van der Waals surface area contributed by atoms with Gasteiger partial charge in [-0.25, -0.2) is 0 Å². The minimum absolute atomic E-state index is 0.0982. The van der Waals surface area contributed by atoms with E-state index in [2.05, 4.69) is 46.0 Å². The van der Waals surface area contributed by atoms with Gasteiger partial charge in [-0.2, -0.15) is 0 Å². The second-order valence-corrected chi connectivity index (χ2v) is 18.5. The van der Waals surface area contributed by atoms with E-state index in [0.717, 1.165) is 64.4 Å². The van der Waals surface area contributed by atoms with Gasteiger partial charge in [0, 0.05) is 38.4 Å². The SMILES string of the molecule is C[C@H](CCO[Si](C)(C)C(C)(C)C)C(=O)[C@H](O)C[C@@H]1CCC[C@]2(CCC[C@@H](CCCCOCc3ccccc3)O2)O1. The van der Waals surface area contributed by atoms with Crippen LogP contribution in [0.3, 0.4) is 0 Å². The zero-order valence-electron chi connectivity index (χ0n) is 26.1. The number of benzene rings is 1. The van der Waals surface area contributed by atoms with Crippen LogP contribution >= 0.6 is 0 Å². The second-order valence-electron chi connectivity index (χ2n) is 13.7. The highest BCUT2D eigenvalue weighted by Crippen LogP contribution is 2.41. The Hall–Kier alpha value is -1.09. The highest BCUT2D eigenvalue weighted by Gasteiger charge is 2.43. The molecule has 0 amide bonds. The molecule has 0 radical (unpaired) electrons. The number of hydrogen-bond donors (Lipinski definition) is 1. The van der Waals surface area contributed by atoms with Gasteiger partial charge in [0.1, 0.15) is 6.10 Å². The Morgan fingerprint density at radius 3 is 2.38 bits per heavy atom. The number of aliphatic hydroxyl groups is 1. The van der Waals surface area contributed by atoms with E-state index in [1.54, 1.807) is 0 Å². The van der Waals surface area contributed by atoms with Crippen LogP contribution in [0.4, 0.5) is 0 Å². The Morgan fingerprint density at radius 1 is 1.05 bits per heavy atom. The Bertz CT molecular complexity index is 881. The molecule has 2 aliphatic heterocycles. The predicted molar refractivity (Wildman–Crippen MR) is 163 cm³/mol. The number of rotatable bonds is 15. The summed E-state index contributed by atoms with van der Waals surface area (Å²) in [4.78, 5) is 13.0. The number of Topliss-reactive ketones (excluding diaryl/α,β-unsaturated/α-hetero) is 1. The summed E-state index contributed by atoms with van der Waals surface area (Å²) >= 11 is 0. The van der Waals surface area contributed by atoms with Gasteiger partial charge < -0.3 is 23.7 Å². The molecule has 7 heteroatoms. The molecule has 40 heavy (non-hydrogen) atoms. The highest BCUT2D eigenvalue weighted by atomic mass is 28.4. The summed E-state index contributed by atoms with van der Waals surface area (Å²) in [7, 11) is -1.84. The molecule has 1 spiro atoms. The summed E-state index contributed by atoms with van der Waals surface area (Å²) in [6, 6.07) is 10.3. The van der Waals surface area contributed by atoms with E-state index in [4.69, 9.17) is 18.6 Å². The average molecular weight is 577 g/mol. The zero-order chi connectivity index (χ0) is 29.2. The van der Waals surface area contributed by atoms with Gasteiger partial charge in [-0.15, -0.1) is 0 Å². The Kier molecular flexibility index (Phi) is 12.9. The molecule has 0 aromatic heterocycles. The van der Waals surface area contributed by atoms with Crippen LogP contribution in [0, 0.1) is 5.92 Å². The number of unbranched alkanes of at least 4 members (excludes halogenated alkanes) is 1. The van der Waals surface area contributed by atoms with E-state index in [9.17, 15) is 9.90 Å². The smallest absolute Gasteiger partial charge is 0.191 e. The molecular formula is C33H56O6Si. The van der Waals surface area contributed by atoms with Crippen LogP contribution in [0.25, 0.3) is 0 Å². The average Bonchev–Trinajstić information content (AvgIpc) is 2.90. The van der Waals surface area contributed by atoms with Crippen molar-refractivity contribution in [3.8, 4) is 0 Å². The van der Waals surface area contributed by atoms with Crippen molar-refractivity contribution in [2.24, 2.45) is 5.92 Å². The maximum absolute atomic E-state index is 13.0. The molecule has 228 valence electrons. The van der Waals surface area contributed by atoms with E-state index in [0.29, 0.717) is 26.1 Å².